The average Bonchev–Trinajstić information content (AvgIpc) is 2.95. The SMILES string of the molecule is CCc1cc(C(N)=O)c(NC(=O)c2ccc(Br)o2)s1. The maximum Gasteiger partial charge on any atom is 0.292 e. The van der Waals surface area contributed by atoms with Gasteiger partial charge < -0.3 is 15.5 Å². The fourth-order valence-electron chi connectivity index (χ4n) is 1.49. The summed E-state index contributed by atoms with van der Waals surface area (Å²) < 4.78 is 5.61. The van der Waals surface area contributed by atoms with Crippen molar-refractivity contribution in [2.45, 2.75) is 13.3 Å². The van der Waals surface area contributed by atoms with E-state index in [1.165, 1.54) is 17.4 Å². The molecule has 0 saturated heterocycles. The Morgan fingerprint density at radius 3 is 2.74 bits per heavy atom. The van der Waals surface area contributed by atoms with Crippen LogP contribution in [0.25, 0.3) is 0 Å². The molecule has 19 heavy (non-hydrogen) atoms. The third-order valence-corrected chi connectivity index (χ3v) is 4.04. The number of carbonyl (C=O) groups excluding carboxylic acids is 2. The summed E-state index contributed by atoms with van der Waals surface area (Å²) in [6.45, 7) is 1.96. The molecule has 0 aromatic carbocycles. The maximum absolute atomic E-state index is 11.9. The Morgan fingerprint density at radius 2 is 2.21 bits per heavy atom. The lowest BCUT2D eigenvalue weighted by Crippen LogP contribution is -2.16. The summed E-state index contributed by atoms with van der Waals surface area (Å²) in [6.07, 6.45) is 0.771. The Morgan fingerprint density at radius 1 is 1.47 bits per heavy atom. The number of primary amides is 1. The molecule has 0 aliphatic rings. The van der Waals surface area contributed by atoms with E-state index in [9.17, 15) is 9.59 Å². The Balaban J connectivity index is 2.25. The van der Waals surface area contributed by atoms with Gasteiger partial charge in [0.1, 0.15) is 5.00 Å². The van der Waals surface area contributed by atoms with Gasteiger partial charge in [-0.2, -0.15) is 0 Å². The van der Waals surface area contributed by atoms with Crippen LogP contribution >= 0.6 is 27.3 Å². The number of hydrogen-bond acceptors (Lipinski definition) is 4. The van der Waals surface area contributed by atoms with E-state index in [1.807, 2.05) is 6.92 Å². The molecule has 2 rings (SSSR count). The highest BCUT2D eigenvalue weighted by atomic mass is 79.9. The summed E-state index contributed by atoms with van der Waals surface area (Å²) in [5.74, 6) is -0.821. The Bertz CT molecular complexity index is 633. The van der Waals surface area contributed by atoms with E-state index in [-0.39, 0.29) is 5.76 Å². The lowest BCUT2D eigenvalue weighted by Gasteiger charge is -2.01. The van der Waals surface area contributed by atoms with Crippen molar-refractivity contribution in [3.05, 3.63) is 39.1 Å². The van der Waals surface area contributed by atoms with E-state index in [1.54, 1.807) is 12.1 Å². The van der Waals surface area contributed by atoms with Crippen molar-refractivity contribution in [2.75, 3.05) is 5.32 Å². The first-order valence-electron chi connectivity index (χ1n) is 5.50. The van der Waals surface area contributed by atoms with Gasteiger partial charge in [0.05, 0.1) is 5.56 Å². The van der Waals surface area contributed by atoms with Crippen LogP contribution in [0.2, 0.25) is 0 Å². The number of nitrogens with one attached hydrogen (secondary N) is 1. The van der Waals surface area contributed by atoms with Gasteiger partial charge in [0.25, 0.3) is 11.8 Å². The Labute approximate surface area is 121 Å². The fraction of sp³-hybridized carbons (Fsp3) is 0.167. The normalized spacial score (nSPS) is 10.4. The number of furan rings is 1. The van der Waals surface area contributed by atoms with Gasteiger partial charge in [-0.25, -0.2) is 0 Å². The molecule has 0 aliphatic carbocycles. The predicted molar refractivity (Wildman–Crippen MR) is 76.6 cm³/mol. The molecule has 0 fully saturated rings. The number of anilines is 1. The molecule has 0 aliphatic heterocycles. The summed E-state index contributed by atoms with van der Waals surface area (Å²) in [7, 11) is 0. The van der Waals surface area contributed by atoms with Gasteiger partial charge in [-0.3, -0.25) is 9.59 Å². The maximum atomic E-state index is 11.9. The third kappa shape index (κ3) is 3.05. The molecule has 0 spiro atoms. The van der Waals surface area contributed by atoms with Crippen molar-refractivity contribution in [1.82, 2.24) is 0 Å². The summed E-state index contributed by atoms with van der Waals surface area (Å²) in [5.41, 5.74) is 5.61. The second-order valence-electron chi connectivity index (χ2n) is 3.73. The monoisotopic (exact) mass is 342 g/mol. The molecule has 3 N–H and O–H groups in total. The van der Waals surface area contributed by atoms with Crippen LogP contribution in [-0.2, 0) is 6.42 Å². The lowest BCUT2D eigenvalue weighted by atomic mass is 10.2. The zero-order chi connectivity index (χ0) is 14.0. The Hall–Kier alpha value is -1.60. The van der Waals surface area contributed by atoms with E-state index in [2.05, 4.69) is 21.2 Å². The van der Waals surface area contributed by atoms with Crippen LogP contribution < -0.4 is 11.1 Å². The topological polar surface area (TPSA) is 85.3 Å². The quantitative estimate of drug-likeness (QED) is 0.895. The first kappa shape index (κ1) is 13.8. The largest absolute Gasteiger partial charge is 0.444 e. The van der Waals surface area contributed by atoms with Gasteiger partial charge >= 0.3 is 0 Å². The lowest BCUT2D eigenvalue weighted by molar-refractivity contribution is 0.0996. The van der Waals surface area contributed by atoms with E-state index >= 15 is 0 Å². The Kier molecular flexibility index (Phi) is 4.06. The molecule has 0 radical (unpaired) electrons. The molecule has 0 atom stereocenters. The number of amides is 2. The molecule has 2 aromatic rings. The first-order chi connectivity index (χ1) is 9.01. The molecule has 0 unspecified atom stereocenters. The number of hydrogen-bond donors (Lipinski definition) is 2. The second kappa shape index (κ2) is 5.58. The van der Waals surface area contributed by atoms with Gasteiger partial charge in [0.15, 0.2) is 10.4 Å². The summed E-state index contributed by atoms with van der Waals surface area (Å²) in [6, 6.07) is 4.86. The van der Waals surface area contributed by atoms with Crippen molar-refractivity contribution in [2.24, 2.45) is 5.73 Å². The molecule has 0 saturated carbocycles. The minimum atomic E-state index is -0.563. The summed E-state index contributed by atoms with van der Waals surface area (Å²) in [4.78, 5) is 24.2. The van der Waals surface area contributed by atoms with Crippen LogP contribution in [0.5, 0.6) is 0 Å². The highest BCUT2D eigenvalue weighted by Crippen LogP contribution is 2.29. The van der Waals surface area contributed by atoms with Crippen LogP contribution in [0.4, 0.5) is 5.00 Å². The number of rotatable bonds is 4. The van der Waals surface area contributed by atoms with Gasteiger partial charge in [-0.1, -0.05) is 6.92 Å². The smallest absolute Gasteiger partial charge is 0.292 e. The molecule has 2 amide bonds. The average molecular weight is 343 g/mol. The predicted octanol–water partition coefficient (Wildman–Crippen LogP) is 3.02. The van der Waals surface area contributed by atoms with Crippen molar-refractivity contribution < 1.29 is 14.0 Å². The van der Waals surface area contributed by atoms with Crippen molar-refractivity contribution in [3.63, 3.8) is 0 Å². The summed E-state index contributed by atoms with van der Waals surface area (Å²) >= 11 is 4.45. The molecular formula is C12H11BrN2O3S. The summed E-state index contributed by atoms with van der Waals surface area (Å²) in [5, 5.41) is 3.09. The highest BCUT2D eigenvalue weighted by Gasteiger charge is 2.17. The van der Waals surface area contributed by atoms with Crippen molar-refractivity contribution in [3.8, 4) is 0 Å². The molecular weight excluding hydrogens is 332 g/mol. The standard InChI is InChI=1S/C12H11BrN2O3S/c1-2-6-5-7(10(14)16)12(19-6)15-11(17)8-3-4-9(13)18-8/h3-5H,2H2,1H3,(H2,14,16)(H,15,17). The fourth-order valence-corrected chi connectivity index (χ4v) is 2.80. The highest BCUT2D eigenvalue weighted by molar-refractivity contribution is 9.10. The molecule has 2 aromatic heterocycles. The van der Waals surface area contributed by atoms with Gasteiger partial charge in [-0.05, 0) is 40.5 Å². The van der Waals surface area contributed by atoms with Crippen LogP contribution in [-0.4, -0.2) is 11.8 Å². The van der Waals surface area contributed by atoms with Crippen LogP contribution in [0.15, 0.2) is 27.3 Å². The van der Waals surface area contributed by atoms with E-state index in [0.717, 1.165) is 11.3 Å². The zero-order valence-electron chi connectivity index (χ0n) is 10.0. The van der Waals surface area contributed by atoms with Crippen molar-refractivity contribution in [1.29, 1.82) is 0 Å². The van der Waals surface area contributed by atoms with E-state index in [4.69, 9.17) is 10.2 Å². The number of aryl methyl sites for hydroxylation is 1. The van der Waals surface area contributed by atoms with Gasteiger partial charge in [0, 0.05) is 4.88 Å². The third-order valence-electron chi connectivity index (χ3n) is 2.42. The van der Waals surface area contributed by atoms with Crippen LogP contribution in [0, 0.1) is 0 Å². The minimum absolute atomic E-state index is 0.161. The number of carbonyl (C=O) groups is 2. The van der Waals surface area contributed by atoms with E-state index in [0.29, 0.717) is 15.2 Å². The molecule has 2 heterocycles. The molecule has 100 valence electrons. The number of nitrogens with two attached hydrogens (primary N) is 1. The van der Waals surface area contributed by atoms with Gasteiger partial charge in [0.2, 0.25) is 0 Å². The number of halogens is 1. The molecule has 7 heteroatoms. The zero-order valence-corrected chi connectivity index (χ0v) is 12.4. The second-order valence-corrected chi connectivity index (χ2v) is 5.65. The molecule has 0 bridgehead atoms. The minimum Gasteiger partial charge on any atom is -0.444 e. The number of thiophene rings is 1. The van der Waals surface area contributed by atoms with Crippen LogP contribution in [0.3, 0.4) is 0 Å². The van der Waals surface area contributed by atoms with Crippen molar-refractivity contribution >= 4 is 44.1 Å². The van der Waals surface area contributed by atoms with E-state index < -0.39 is 11.8 Å². The molecule has 5 nitrogen and oxygen atoms in total. The van der Waals surface area contributed by atoms with Gasteiger partial charge in [-0.15, -0.1) is 11.3 Å². The van der Waals surface area contributed by atoms with Crippen LogP contribution in [0.1, 0.15) is 32.7 Å². The first-order valence-corrected chi connectivity index (χ1v) is 7.11.